The van der Waals surface area contributed by atoms with Crippen LogP contribution in [-0.2, 0) is 11.3 Å². The van der Waals surface area contributed by atoms with Gasteiger partial charge in [0.2, 0.25) is 0 Å². The van der Waals surface area contributed by atoms with Gasteiger partial charge in [-0.3, -0.25) is 9.59 Å². The van der Waals surface area contributed by atoms with E-state index in [9.17, 15) is 22.8 Å². The second-order valence-electron chi connectivity index (χ2n) is 7.74. The molecule has 3 aromatic rings. The van der Waals surface area contributed by atoms with Gasteiger partial charge in [0.15, 0.2) is 0 Å². The molecule has 4 N–H and O–H groups in total. The Hall–Kier alpha value is -3.73. The van der Waals surface area contributed by atoms with Crippen molar-refractivity contribution in [2.45, 2.75) is 31.5 Å². The second-order valence-corrected chi connectivity index (χ2v) is 7.74. The Kier molecular flexibility index (Phi) is 7.67. The van der Waals surface area contributed by atoms with E-state index in [1.807, 2.05) is 11.0 Å². The highest BCUT2D eigenvalue weighted by atomic mass is 19.4. The molecule has 4 rings (SSSR count). The van der Waals surface area contributed by atoms with Crippen molar-refractivity contribution in [3.05, 3.63) is 75.8 Å². The van der Waals surface area contributed by atoms with Gasteiger partial charge in [0.25, 0.3) is 11.5 Å². The number of rotatable bonds is 3. The van der Waals surface area contributed by atoms with Gasteiger partial charge >= 0.3 is 12.1 Å². The second kappa shape index (κ2) is 10.5. The molecular weight excluding hydrogens is 453 g/mol. The van der Waals surface area contributed by atoms with Crippen molar-refractivity contribution >= 4 is 22.8 Å². The molecule has 1 fully saturated rings. The number of aromatic nitrogens is 2. The number of nitrogens with one attached hydrogen (secondary N) is 1. The number of aromatic amines is 1. The van der Waals surface area contributed by atoms with Gasteiger partial charge in [-0.1, -0.05) is 24.3 Å². The molecule has 1 saturated heterocycles. The fourth-order valence-corrected chi connectivity index (χ4v) is 3.90. The number of amides is 1. The quantitative estimate of drug-likeness (QED) is 0.533. The lowest BCUT2D eigenvalue weighted by Crippen LogP contribution is -2.38. The molecule has 0 radical (unpaired) electrons. The lowest BCUT2D eigenvalue weighted by molar-refractivity contribution is -0.192. The minimum absolute atomic E-state index is 0.00968. The predicted octanol–water partition coefficient (Wildman–Crippen LogP) is 3.03. The Bertz CT molecular complexity index is 1230. The zero-order valence-electron chi connectivity index (χ0n) is 18.0. The standard InChI is InChI=1S/C21H22N4O2.C2HF3O2/c22-12-16-3-1-2-4-17(16)14-7-9-25(10-8-14)21(27)15-5-6-18-19(11-15)23-13-24-20(18)26;3-2(4,5)1(6)7/h1-6,11,13-14H,7-10,12,22H2,(H,23,24,26);(H,6,7). The van der Waals surface area contributed by atoms with Crippen molar-refractivity contribution in [3.8, 4) is 0 Å². The van der Waals surface area contributed by atoms with Gasteiger partial charge < -0.3 is 20.7 Å². The molecule has 2 heterocycles. The number of H-pyrrole nitrogens is 1. The van der Waals surface area contributed by atoms with Crippen LogP contribution in [0.15, 0.2) is 53.6 Å². The highest BCUT2D eigenvalue weighted by Crippen LogP contribution is 2.31. The number of hydrogen-bond donors (Lipinski definition) is 3. The Morgan fingerprint density at radius 3 is 2.41 bits per heavy atom. The summed E-state index contributed by atoms with van der Waals surface area (Å²) in [6.07, 6.45) is -1.87. The molecule has 2 aromatic carbocycles. The summed E-state index contributed by atoms with van der Waals surface area (Å²) in [5, 5.41) is 7.62. The number of halogens is 3. The summed E-state index contributed by atoms with van der Waals surface area (Å²) >= 11 is 0. The van der Waals surface area contributed by atoms with Crippen molar-refractivity contribution in [1.29, 1.82) is 0 Å². The summed E-state index contributed by atoms with van der Waals surface area (Å²) in [7, 11) is 0. The number of piperidine rings is 1. The number of likely N-dealkylation sites (tertiary alicyclic amines) is 1. The summed E-state index contributed by atoms with van der Waals surface area (Å²) < 4.78 is 31.7. The highest BCUT2D eigenvalue weighted by molar-refractivity contribution is 5.97. The Morgan fingerprint density at radius 1 is 1.15 bits per heavy atom. The summed E-state index contributed by atoms with van der Waals surface area (Å²) in [5.41, 5.74) is 9.28. The molecule has 34 heavy (non-hydrogen) atoms. The van der Waals surface area contributed by atoms with Gasteiger partial charge in [-0.25, -0.2) is 9.78 Å². The first kappa shape index (κ1) is 24.9. The van der Waals surface area contributed by atoms with E-state index in [0.29, 0.717) is 42.0 Å². The van der Waals surface area contributed by atoms with Crippen molar-refractivity contribution in [3.63, 3.8) is 0 Å². The number of nitrogens with zero attached hydrogens (tertiary/aromatic N) is 2. The third-order valence-electron chi connectivity index (χ3n) is 5.63. The smallest absolute Gasteiger partial charge is 0.475 e. The van der Waals surface area contributed by atoms with Crippen LogP contribution in [0, 0.1) is 0 Å². The number of carbonyl (C=O) groups excluding carboxylic acids is 1. The molecule has 1 aliphatic rings. The maximum absolute atomic E-state index is 12.9. The van der Waals surface area contributed by atoms with Gasteiger partial charge in [0.05, 0.1) is 17.2 Å². The van der Waals surface area contributed by atoms with Crippen LogP contribution in [0.4, 0.5) is 13.2 Å². The maximum Gasteiger partial charge on any atom is 0.490 e. The molecule has 0 unspecified atom stereocenters. The molecule has 8 nitrogen and oxygen atoms in total. The molecule has 11 heteroatoms. The molecule has 1 aliphatic heterocycles. The van der Waals surface area contributed by atoms with Crippen molar-refractivity contribution in [1.82, 2.24) is 14.9 Å². The summed E-state index contributed by atoms with van der Waals surface area (Å²) in [6.45, 7) is 1.96. The van der Waals surface area contributed by atoms with Crippen molar-refractivity contribution < 1.29 is 27.9 Å². The van der Waals surface area contributed by atoms with Crippen LogP contribution in [0.3, 0.4) is 0 Å². The fourth-order valence-electron chi connectivity index (χ4n) is 3.90. The van der Waals surface area contributed by atoms with Gasteiger partial charge in [0.1, 0.15) is 0 Å². The largest absolute Gasteiger partial charge is 0.490 e. The van der Waals surface area contributed by atoms with Crippen molar-refractivity contribution in [2.75, 3.05) is 13.1 Å². The van der Waals surface area contributed by atoms with Crippen LogP contribution in [0.25, 0.3) is 10.9 Å². The van der Waals surface area contributed by atoms with Crippen LogP contribution >= 0.6 is 0 Å². The van der Waals surface area contributed by atoms with E-state index in [-0.39, 0.29) is 11.5 Å². The highest BCUT2D eigenvalue weighted by Gasteiger charge is 2.38. The molecule has 180 valence electrons. The number of aliphatic carboxylic acids is 1. The van der Waals surface area contributed by atoms with Crippen LogP contribution in [0.5, 0.6) is 0 Å². The minimum atomic E-state index is -5.08. The number of carboxylic acids is 1. The third kappa shape index (κ3) is 5.79. The van der Waals surface area contributed by atoms with Crippen LogP contribution in [0.2, 0.25) is 0 Å². The normalized spacial score (nSPS) is 14.4. The topological polar surface area (TPSA) is 129 Å². The number of nitrogens with two attached hydrogens (primary N) is 1. The maximum atomic E-state index is 12.9. The van der Waals surface area contributed by atoms with E-state index >= 15 is 0 Å². The van der Waals surface area contributed by atoms with E-state index < -0.39 is 12.1 Å². The lowest BCUT2D eigenvalue weighted by atomic mass is 9.86. The van der Waals surface area contributed by atoms with Crippen LogP contribution < -0.4 is 11.3 Å². The SMILES string of the molecule is NCc1ccccc1C1CCN(C(=O)c2ccc3c(=O)[nH]cnc3c2)CC1.O=C(O)C(F)(F)F. The van der Waals surface area contributed by atoms with Gasteiger partial charge in [-0.15, -0.1) is 0 Å². The predicted molar refractivity (Wildman–Crippen MR) is 118 cm³/mol. The van der Waals surface area contributed by atoms with Crippen LogP contribution in [-0.4, -0.2) is 51.1 Å². The Balaban J connectivity index is 0.000000406. The number of carboxylic acid groups (broad SMARTS) is 1. The summed E-state index contributed by atoms with van der Waals surface area (Å²) in [5.74, 6) is -2.33. The van der Waals surface area contributed by atoms with Gasteiger partial charge in [-0.05, 0) is 48.1 Å². The Morgan fingerprint density at radius 2 is 1.79 bits per heavy atom. The van der Waals surface area contributed by atoms with E-state index in [4.69, 9.17) is 15.6 Å². The molecule has 1 aromatic heterocycles. The summed E-state index contributed by atoms with van der Waals surface area (Å²) in [4.78, 5) is 42.2. The average Bonchev–Trinajstić information content (AvgIpc) is 2.83. The van der Waals surface area contributed by atoms with Crippen molar-refractivity contribution in [2.24, 2.45) is 5.73 Å². The first-order chi connectivity index (χ1) is 16.1. The monoisotopic (exact) mass is 476 g/mol. The number of hydrogen-bond acceptors (Lipinski definition) is 5. The molecule has 0 bridgehead atoms. The summed E-state index contributed by atoms with van der Waals surface area (Å²) in [6, 6.07) is 13.4. The lowest BCUT2D eigenvalue weighted by Gasteiger charge is -2.33. The van der Waals surface area contributed by atoms with Gasteiger partial charge in [-0.2, -0.15) is 13.2 Å². The zero-order valence-corrected chi connectivity index (χ0v) is 18.0. The fraction of sp³-hybridized carbons (Fsp3) is 0.304. The van der Waals surface area contributed by atoms with Gasteiger partial charge in [0, 0.05) is 25.2 Å². The molecule has 0 atom stereocenters. The van der Waals surface area contributed by atoms with E-state index in [1.54, 1.807) is 18.2 Å². The zero-order chi connectivity index (χ0) is 24.9. The molecule has 0 aliphatic carbocycles. The average molecular weight is 476 g/mol. The number of fused-ring (bicyclic) bond motifs is 1. The molecule has 0 spiro atoms. The van der Waals surface area contributed by atoms with Crippen LogP contribution in [0.1, 0.15) is 40.2 Å². The molecule has 1 amide bonds. The van der Waals surface area contributed by atoms with E-state index in [2.05, 4.69) is 28.2 Å². The van der Waals surface area contributed by atoms with E-state index in [1.165, 1.54) is 17.5 Å². The minimum Gasteiger partial charge on any atom is -0.475 e. The molecular formula is C23H23F3N4O4. The number of benzene rings is 2. The molecule has 0 saturated carbocycles. The number of carbonyl (C=O) groups is 2. The first-order valence-corrected chi connectivity index (χ1v) is 10.5. The van der Waals surface area contributed by atoms with E-state index in [0.717, 1.165) is 12.8 Å². The Labute approximate surface area is 192 Å². The third-order valence-corrected chi connectivity index (χ3v) is 5.63. The first-order valence-electron chi connectivity index (χ1n) is 10.5. The number of alkyl halides is 3.